The van der Waals surface area contributed by atoms with Gasteiger partial charge in [0.15, 0.2) is 5.75 Å². The fourth-order valence-electron chi connectivity index (χ4n) is 15.4. The van der Waals surface area contributed by atoms with Gasteiger partial charge in [0.25, 0.3) is 0 Å². The van der Waals surface area contributed by atoms with Gasteiger partial charge in [0.2, 0.25) is 0 Å². The Balaban J connectivity index is 0.805. The minimum absolute atomic E-state index is 0.639. The molecule has 1 aliphatic carbocycles. The van der Waals surface area contributed by atoms with E-state index in [4.69, 9.17) is 13.6 Å². The average Bonchev–Trinajstić information content (AvgIpc) is 1.33. The van der Waals surface area contributed by atoms with E-state index >= 15 is 0 Å². The maximum absolute atomic E-state index is 7.63. The average molecular weight is 1220 g/mol. The van der Waals surface area contributed by atoms with Gasteiger partial charge in [-0.2, -0.15) is 0 Å². The van der Waals surface area contributed by atoms with Crippen molar-refractivity contribution in [1.82, 2.24) is 0 Å². The van der Waals surface area contributed by atoms with Gasteiger partial charge in [-0.25, -0.2) is 0 Å². The molecule has 1 aliphatic heterocycles. The van der Waals surface area contributed by atoms with Crippen LogP contribution in [-0.4, -0.2) is 0 Å². The highest BCUT2D eigenvalue weighted by Crippen LogP contribution is 2.64. The number of hydrogen-bond acceptors (Lipinski definition) is 6. The molecule has 0 bridgehead atoms. The lowest BCUT2D eigenvalue weighted by atomic mass is 9.66. The quantitative estimate of drug-likeness (QED) is 0.129. The van der Waals surface area contributed by atoms with Crippen LogP contribution in [0.4, 0.5) is 51.2 Å². The molecule has 0 saturated heterocycles. The van der Waals surface area contributed by atoms with Gasteiger partial charge in [-0.3, -0.25) is 0 Å². The summed E-state index contributed by atoms with van der Waals surface area (Å²) < 4.78 is 21.2. The molecule has 446 valence electrons. The fraction of sp³-hybridized carbons (Fsp3) is 0.0112. The van der Waals surface area contributed by atoms with Gasteiger partial charge >= 0.3 is 0 Å². The van der Waals surface area contributed by atoms with E-state index in [9.17, 15) is 0 Å². The van der Waals surface area contributed by atoms with Crippen LogP contribution in [0.25, 0.3) is 88.0 Å². The second-order valence-corrected chi connectivity index (χ2v) is 24.6. The number of ether oxygens (including phenoxy) is 1. The summed E-state index contributed by atoms with van der Waals surface area (Å²) in [5.41, 5.74) is 22.9. The molecule has 6 heteroatoms. The van der Waals surface area contributed by atoms with Crippen LogP contribution in [0.2, 0.25) is 0 Å². The van der Waals surface area contributed by atoms with Gasteiger partial charge in [-0.05, 0) is 166 Å². The third-order valence-corrected chi connectivity index (χ3v) is 19.5. The molecule has 95 heavy (non-hydrogen) atoms. The van der Waals surface area contributed by atoms with Crippen LogP contribution in [0.3, 0.4) is 0 Å². The summed E-state index contributed by atoms with van der Waals surface area (Å²) >= 11 is 0. The summed E-state index contributed by atoms with van der Waals surface area (Å²) in [7, 11) is 0. The lowest BCUT2D eigenvalue weighted by molar-refractivity contribution is 0.437. The molecule has 0 atom stereocenters. The third kappa shape index (κ3) is 8.51. The molecule has 0 saturated carbocycles. The Hall–Kier alpha value is -12.6. The SMILES string of the molecule is c1ccc(N(c2ccc(-c3ccc4oc5ccccc5c4c3)cc2)c2cccc(-c3c(N(c4ccccc4)c4cccc5ccccc45)ccc4c3oc3cc(N(c5ccccc5)c5cccc6c5Oc5ccccc5C65c6ccccc6-c6ccccc65)ccc34)c2)cc1. The van der Waals surface area contributed by atoms with Gasteiger partial charge in [0, 0.05) is 78.1 Å². The van der Waals surface area contributed by atoms with Crippen molar-refractivity contribution in [3.63, 3.8) is 0 Å². The predicted molar refractivity (Wildman–Crippen MR) is 391 cm³/mol. The highest BCUT2D eigenvalue weighted by Gasteiger charge is 2.51. The highest BCUT2D eigenvalue weighted by atomic mass is 16.5. The molecule has 17 aromatic rings. The molecule has 19 rings (SSSR count). The molecule has 15 aromatic carbocycles. The van der Waals surface area contributed by atoms with Crippen LogP contribution in [0.1, 0.15) is 22.3 Å². The molecule has 2 aromatic heterocycles. The molecular weight excluding hydrogens is 1160 g/mol. The number of rotatable bonds is 11. The second kappa shape index (κ2) is 21.8. The topological polar surface area (TPSA) is 45.2 Å². The van der Waals surface area contributed by atoms with Gasteiger partial charge in [-0.15, -0.1) is 0 Å². The summed E-state index contributed by atoms with van der Waals surface area (Å²) in [6.07, 6.45) is 0. The van der Waals surface area contributed by atoms with E-state index in [1.165, 1.54) is 22.3 Å². The zero-order valence-corrected chi connectivity index (χ0v) is 51.5. The Bertz CT molecular complexity index is 5810. The molecule has 0 fully saturated rings. The van der Waals surface area contributed by atoms with Crippen LogP contribution in [0.15, 0.2) is 355 Å². The van der Waals surface area contributed by atoms with Gasteiger partial charge < -0.3 is 28.3 Å². The number of hydrogen-bond donors (Lipinski definition) is 0. The van der Waals surface area contributed by atoms with E-state index < -0.39 is 5.41 Å². The lowest BCUT2D eigenvalue weighted by Gasteiger charge is -2.41. The number of nitrogens with zero attached hydrogens (tertiary/aromatic N) is 3. The zero-order valence-electron chi connectivity index (χ0n) is 51.5. The maximum Gasteiger partial charge on any atom is 0.156 e. The van der Waals surface area contributed by atoms with Crippen LogP contribution < -0.4 is 19.4 Å². The Labute approximate surface area is 549 Å². The second-order valence-electron chi connectivity index (χ2n) is 24.6. The normalized spacial score (nSPS) is 12.6. The van der Waals surface area contributed by atoms with E-state index in [2.05, 4.69) is 348 Å². The number of benzene rings is 15. The fourth-order valence-corrected chi connectivity index (χ4v) is 15.4. The number of fused-ring (bicyclic) bond motifs is 16. The van der Waals surface area contributed by atoms with Crippen molar-refractivity contribution in [2.24, 2.45) is 0 Å². The Morgan fingerprint density at radius 3 is 1.55 bits per heavy atom. The van der Waals surface area contributed by atoms with Crippen LogP contribution in [0, 0.1) is 0 Å². The van der Waals surface area contributed by atoms with Crippen molar-refractivity contribution < 1.29 is 13.6 Å². The molecule has 3 heterocycles. The first-order chi connectivity index (χ1) is 47.1. The van der Waals surface area contributed by atoms with Gasteiger partial charge in [-0.1, -0.05) is 218 Å². The molecular formula is C89H57N3O3. The van der Waals surface area contributed by atoms with Crippen molar-refractivity contribution in [3.05, 3.63) is 368 Å². The van der Waals surface area contributed by atoms with Crippen molar-refractivity contribution in [3.8, 4) is 44.9 Å². The van der Waals surface area contributed by atoms with E-state index in [0.29, 0.717) is 0 Å². The van der Waals surface area contributed by atoms with Gasteiger partial charge in [0.05, 0.1) is 28.2 Å². The van der Waals surface area contributed by atoms with E-state index in [0.717, 1.165) is 151 Å². The zero-order chi connectivity index (χ0) is 62.6. The van der Waals surface area contributed by atoms with Crippen LogP contribution in [-0.2, 0) is 5.41 Å². The van der Waals surface area contributed by atoms with Crippen molar-refractivity contribution >= 4 is 106 Å². The van der Waals surface area contributed by atoms with Gasteiger partial charge in [0.1, 0.15) is 28.1 Å². The predicted octanol–water partition coefficient (Wildman–Crippen LogP) is 24.9. The molecule has 0 radical (unpaired) electrons. The molecule has 1 spiro atoms. The Morgan fingerprint density at radius 2 is 0.779 bits per heavy atom. The first-order valence-corrected chi connectivity index (χ1v) is 32.4. The Morgan fingerprint density at radius 1 is 0.253 bits per heavy atom. The summed E-state index contributed by atoms with van der Waals surface area (Å²) in [5, 5.41) is 6.50. The summed E-state index contributed by atoms with van der Waals surface area (Å²) in [5.74, 6) is 1.63. The van der Waals surface area contributed by atoms with Crippen molar-refractivity contribution in [1.29, 1.82) is 0 Å². The molecule has 6 nitrogen and oxygen atoms in total. The monoisotopic (exact) mass is 1220 g/mol. The van der Waals surface area contributed by atoms with E-state index in [1.807, 2.05) is 12.1 Å². The van der Waals surface area contributed by atoms with Crippen molar-refractivity contribution in [2.45, 2.75) is 5.41 Å². The summed E-state index contributed by atoms with van der Waals surface area (Å²) in [4.78, 5) is 7.08. The van der Waals surface area contributed by atoms with Crippen molar-refractivity contribution in [2.75, 3.05) is 14.7 Å². The Kier molecular flexibility index (Phi) is 12.4. The minimum atomic E-state index is -0.639. The number of para-hydroxylation sites is 6. The minimum Gasteiger partial charge on any atom is -0.456 e. The molecule has 2 aliphatic rings. The van der Waals surface area contributed by atoms with E-state index in [-0.39, 0.29) is 0 Å². The number of furan rings is 2. The maximum atomic E-state index is 7.63. The van der Waals surface area contributed by atoms with Crippen LogP contribution >= 0.6 is 0 Å². The first kappa shape index (κ1) is 54.1. The summed E-state index contributed by atoms with van der Waals surface area (Å²) in [6, 6.07) is 124. The van der Waals surface area contributed by atoms with Crippen LogP contribution in [0.5, 0.6) is 11.5 Å². The number of anilines is 9. The largest absolute Gasteiger partial charge is 0.456 e. The first-order valence-electron chi connectivity index (χ1n) is 32.4. The molecule has 0 amide bonds. The standard InChI is InChI=1S/C89H57N3O3/c1-4-26-62(27-5-1)90(65-48-45-58(46-49-65)60-47-54-83-74(56-60)71-36-14-18-43-82(71)93-83)66-32-20-25-61(55-66)86-80(92(64-30-8-3-9-31-64)79-41-21-24-59-23-10-11-33-68(59)79)53-52-73-72-51-50-67(57-85(72)95-87(73)86)91(63-28-6-2-7-29-63)81-42-22-40-78-88(81)94-84-44-19-17-39-77(84)89(78)75-37-15-12-34-69(75)70-35-13-16-38-76(70)89/h1-57H. The highest BCUT2D eigenvalue weighted by molar-refractivity contribution is 6.15. The molecule has 0 N–H and O–H groups in total. The third-order valence-electron chi connectivity index (χ3n) is 19.5. The summed E-state index contributed by atoms with van der Waals surface area (Å²) in [6.45, 7) is 0. The molecule has 0 unspecified atom stereocenters. The smallest absolute Gasteiger partial charge is 0.156 e. The van der Waals surface area contributed by atoms with E-state index in [1.54, 1.807) is 0 Å². The lowest BCUT2D eigenvalue weighted by Crippen LogP contribution is -2.32.